The van der Waals surface area contributed by atoms with E-state index in [1.54, 1.807) is 0 Å². The first kappa shape index (κ1) is 13.6. The maximum atomic E-state index is 9.62. The fourth-order valence-electron chi connectivity index (χ4n) is 1.64. The molecule has 1 aromatic heterocycles. The van der Waals surface area contributed by atoms with Crippen molar-refractivity contribution in [1.82, 2.24) is 0 Å². The molecule has 1 aromatic carbocycles. The van der Waals surface area contributed by atoms with E-state index in [1.165, 1.54) is 0 Å². The van der Waals surface area contributed by atoms with Gasteiger partial charge in [-0.15, -0.1) is 0 Å². The zero-order chi connectivity index (χ0) is 13.2. The lowest BCUT2D eigenvalue weighted by atomic mass is 10.00. The molecule has 3 nitrogen and oxygen atoms in total. The van der Waals surface area contributed by atoms with Crippen LogP contribution in [0.2, 0.25) is 0 Å². The molecule has 0 saturated carbocycles. The first-order chi connectivity index (χ1) is 8.53. The van der Waals surface area contributed by atoms with E-state index < -0.39 is 5.54 Å². The van der Waals surface area contributed by atoms with Gasteiger partial charge >= 0.3 is 0 Å². The number of aliphatic hydroxyl groups excluding tert-OH is 1. The summed E-state index contributed by atoms with van der Waals surface area (Å²) in [5, 5.41) is 12.9. The number of halogens is 2. The van der Waals surface area contributed by atoms with Crippen molar-refractivity contribution in [3.8, 4) is 0 Å². The van der Waals surface area contributed by atoms with Crippen LogP contribution in [0.3, 0.4) is 0 Å². The van der Waals surface area contributed by atoms with Crippen LogP contribution in [0.5, 0.6) is 0 Å². The van der Waals surface area contributed by atoms with Gasteiger partial charge < -0.3 is 14.8 Å². The smallest absolute Gasteiger partial charge is 0.169 e. The van der Waals surface area contributed by atoms with Crippen LogP contribution in [-0.2, 0) is 5.54 Å². The Balaban J connectivity index is 2.25. The van der Waals surface area contributed by atoms with Crippen LogP contribution in [0, 0.1) is 0 Å². The van der Waals surface area contributed by atoms with Gasteiger partial charge in [-0.2, -0.15) is 0 Å². The van der Waals surface area contributed by atoms with Gasteiger partial charge in [0, 0.05) is 10.2 Å². The summed E-state index contributed by atoms with van der Waals surface area (Å²) in [6.45, 7) is 1.82. The molecular formula is C13H13Br2NO2. The first-order valence-electron chi connectivity index (χ1n) is 5.44. The van der Waals surface area contributed by atoms with Gasteiger partial charge in [0.2, 0.25) is 0 Å². The Morgan fingerprint density at radius 2 is 1.83 bits per heavy atom. The molecule has 96 valence electrons. The van der Waals surface area contributed by atoms with Crippen LogP contribution in [-0.4, -0.2) is 11.7 Å². The molecule has 2 N–H and O–H groups in total. The highest BCUT2D eigenvalue weighted by Gasteiger charge is 2.29. The molecule has 0 radical (unpaired) electrons. The van der Waals surface area contributed by atoms with Crippen molar-refractivity contribution in [2.45, 2.75) is 12.5 Å². The van der Waals surface area contributed by atoms with E-state index in [0.717, 1.165) is 10.2 Å². The molecule has 0 aliphatic rings. The number of benzene rings is 1. The van der Waals surface area contributed by atoms with Crippen molar-refractivity contribution in [3.05, 3.63) is 51.3 Å². The number of hydrogen-bond donors (Lipinski definition) is 2. The van der Waals surface area contributed by atoms with Gasteiger partial charge in [-0.25, -0.2) is 0 Å². The fourth-order valence-corrected chi connectivity index (χ4v) is 2.21. The molecule has 2 aromatic rings. The topological polar surface area (TPSA) is 45.4 Å². The second kappa shape index (κ2) is 5.47. The van der Waals surface area contributed by atoms with Crippen molar-refractivity contribution in [2.75, 3.05) is 11.9 Å². The standard InChI is InChI=1S/C13H13Br2NO2/c1-13(8-17,11-6-7-12(15)18-11)16-10-4-2-9(14)3-5-10/h2-7,16-17H,8H2,1H3. The van der Waals surface area contributed by atoms with Crippen LogP contribution >= 0.6 is 31.9 Å². The summed E-state index contributed by atoms with van der Waals surface area (Å²) in [7, 11) is 0. The van der Waals surface area contributed by atoms with Crippen LogP contribution in [0.15, 0.2) is 50.0 Å². The molecule has 1 unspecified atom stereocenters. The molecule has 0 saturated heterocycles. The highest BCUT2D eigenvalue weighted by Crippen LogP contribution is 2.29. The minimum Gasteiger partial charge on any atom is -0.452 e. The first-order valence-corrected chi connectivity index (χ1v) is 7.02. The fraction of sp³-hybridized carbons (Fsp3) is 0.231. The molecule has 0 spiro atoms. The van der Waals surface area contributed by atoms with E-state index in [9.17, 15) is 5.11 Å². The maximum absolute atomic E-state index is 9.62. The highest BCUT2D eigenvalue weighted by molar-refractivity contribution is 9.10. The molecule has 0 amide bonds. The van der Waals surface area contributed by atoms with Gasteiger partial charge in [-0.3, -0.25) is 0 Å². The number of aliphatic hydroxyl groups is 1. The van der Waals surface area contributed by atoms with E-state index in [4.69, 9.17) is 4.42 Å². The molecule has 2 rings (SSSR count). The van der Waals surface area contributed by atoms with E-state index in [0.29, 0.717) is 10.4 Å². The highest BCUT2D eigenvalue weighted by atomic mass is 79.9. The van der Waals surface area contributed by atoms with Gasteiger partial charge in [-0.05, 0) is 59.3 Å². The lowest BCUT2D eigenvalue weighted by Gasteiger charge is -2.27. The number of anilines is 1. The maximum Gasteiger partial charge on any atom is 0.169 e. The Kier molecular flexibility index (Phi) is 4.14. The largest absolute Gasteiger partial charge is 0.452 e. The molecule has 0 aliphatic carbocycles. The van der Waals surface area contributed by atoms with Gasteiger partial charge in [0.1, 0.15) is 11.3 Å². The van der Waals surface area contributed by atoms with Crippen molar-refractivity contribution in [3.63, 3.8) is 0 Å². The minimum atomic E-state index is -0.653. The van der Waals surface area contributed by atoms with Gasteiger partial charge in [0.25, 0.3) is 0 Å². The lowest BCUT2D eigenvalue weighted by molar-refractivity contribution is 0.202. The van der Waals surface area contributed by atoms with Crippen LogP contribution < -0.4 is 5.32 Å². The van der Waals surface area contributed by atoms with Crippen LogP contribution in [0.1, 0.15) is 12.7 Å². The van der Waals surface area contributed by atoms with Crippen molar-refractivity contribution >= 4 is 37.5 Å². The number of rotatable bonds is 4. The Labute approximate surface area is 122 Å². The average molecular weight is 375 g/mol. The molecule has 0 bridgehead atoms. The summed E-state index contributed by atoms with van der Waals surface area (Å²) in [6.07, 6.45) is 0. The Hall–Kier alpha value is -0.780. The van der Waals surface area contributed by atoms with E-state index in [1.807, 2.05) is 43.3 Å². The summed E-state index contributed by atoms with van der Waals surface area (Å²) in [5.74, 6) is 0.680. The monoisotopic (exact) mass is 373 g/mol. The van der Waals surface area contributed by atoms with E-state index >= 15 is 0 Å². The molecule has 0 fully saturated rings. The van der Waals surface area contributed by atoms with Crippen molar-refractivity contribution < 1.29 is 9.52 Å². The Bertz CT molecular complexity index is 524. The van der Waals surface area contributed by atoms with Gasteiger partial charge in [0.15, 0.2) is 4.67 Å². The lowest BCUT2D eigenvalue weighted by Crippen LogP contribution is -2.35. The van der Waals surface area contributed by atoms with E-state index in [2.05, 4.69) is 37.2 Å². The minimum absolute atomic E-state index is 0.0665. The van der Waals surface area contributed by atoms with Crippen molar-refractivity contribution in [2.24, 2.45) is 0 Å². The van der Waals surface area contributed by atoms with E-state index in [-0.39, 0.29) is 6.61 Å². The van der Waals surface area contributed by atoms with Gasteiger partial charge in [0.05, 0.1) is 6.61 Å². The molecule has 1 atom stereocenters. The van der Waals surface area contributed by atoms with Crippen molar-refractivity contribution in [1.29, 1.82) is 0 Å². The molecule has 0 aliphatic heterocycles. The van der Waals surface area contributed by atoms with Crippen LogP contribution in [0.25, 0.3) is 0 Å². The Morgan fingerprint density at radius 1 is 1.17 bits per heavy atom. The quantitative estimate of drug-likeness (QED) is 0.845. The second-order valence-corrected chi connectivity index (χ2v) is 5.92. The Morgan fingerprint density at radius 3 is 2.33 bits per heavy atom. The molecule has 5 heteroatoms. The normalized spacial score (nSPS) is 14.2. The predicted molar refractivity (Wildman–Crippen MR) is 78.6 cm³/mol. The summed E-state index contributed by atoms with van der Waals surface area (Å²) in [6, 6.07) is 11.4. The molecule has 1 heterocycles. The summed E-state index contributed by atoms with van der Waals surface area (Å²) < 4.78 is 7.18. The third kappa shape index (κ3) is 2.96. The number of nitrogens with one attached hydrogen (secondary N) is 1. The second-order valence-electron chi connectivity index (χ2n) is 4.23. The third-order valence-electron chi connectivity index (χ3n) is 2.70. The molecule has 18 heavy (non-hydrogen) atoms. The van der Waals surface area contributed by atoms with Crippen LogP contribution in [0.4, 0.5) is 5.69 Å². The van der Waals surface area contributed by atoms with Gasteiger partial charge in [-0.1, -0.05) is 15.9 Å². The average Bonchev–Trinajstić information content (AvgIpc) is 2.79. The summed E-state index contributed by atoms with van der Waals surface area (Å²) in [4.78, 5) is 0. The summed E-state index contributed by atoms with van der Waals surface area (Å²) >= 11 is 6.66. The SMILES string of the molecule is CC(CO)(Nc1ccc(Br)cc1)c1ccc(Br)o1. The third-order valence-corrected chi connectivity index (χ3v) is 3.65. The zero-order valence-corrected chi connectivity index (χ0v) is 13.0. The number of hydrogen-bond acceptors (Lipinski definition) is 3. The zero-order valence-electron chi connectivity index (χ0n) is 9.78. The predicted octanol–water partition coefficient (Wildman–Crippen LogP) is 4.12. The number of furan rings is 1. The molecular weight excluding hydrogens is 362 g/mol. The summed E-state index contributed by atoms with van der Waals surface area (Å²) in [5.41, 5.74) is 0.266.